The summed E-state index contributed by atoms with van der Waals surface area (Å²) in [5, 5.41) is 6.19. The number of carbonyl (C=O) groups excluding carboxylic acids is 1. The maximum atomic E-state index is 12.2. The minimum Gasteiger partial charge on any atom is -0.354 e. The van der Waals surface area contributed by atoms with Gasteiger partial charge in [-0.1, -0.05) is 13.8 Å². The first-order chi connectivity index (χ1) is 8.80. The van der Waals surface area contributed by atoms with Crippen LogP contribution in [0.15, 0.2) is 0 Å². The molecule has 2 N–H and O–H groups in total. The van der Waals surface area contributed by atoms with Crippen molar-refractivity contribution >= 4 is 15.7 Å². The van der Waals surface area contributed by atoms with Crippen molar-refractivity contribution in [1.82, 2.24) is 10.6 Å². The van der Waals surface area contributed by atoms with Crippen LogP contribution in [0.2, 0.25) is 0 Å². The summed E-state index contributed by atoms with van der Waals surface area (Å²) in [6.45, 7) is 5.55. The van der Waals surface area contributed by atoms with Crippen molar-refractivity contribution in [1.29, 1.82) is 0 Å². The molecule has 0 aromatic rings. The number of nitrogens with one attached hydrogen (secondary N) is 2. The number of hydrogen-bond donors (Lipinski definition) is 2. The summed E-state index contributed by atoms with van der Waals surface area (Å²) in [6, 6.07) is -0.167. The van der Waals surface area contributed by atoms with E-state index in [2.05, 4.69) is 24.5 Å². The summed E-state index contributed by atoms with van der Waals surface area (Å²) in [6.07, 6.45) is 2.80. The second kappa shape index (κ2) is 5.40. The van der Waals surface area contributed by atoms with Gasteiger partial charge in [0.25, 0.3) is 0 Å². The Labute approximate surface area is 115 Å². The Morgan fingerprint density at radius 1 is 1.42 bits per heavy atom. The van der Waals surface area contributed by atoms with Crippen molar-refractivity contribution in [2.24, 2.45) is 11.3 Å². The maximum absolute atomic E-state index is 12.2. The van der Waals surface area contributed by atoms with Gasteiger partial charge in [0.1, 0.15) is 0 Å². The summed E-state index contributed by atoms with van der Waals surface area (Å²) in [5.41, 5.74) is -0.0376. The molecule has 110 valence electrons. The smallest absolute Gasteiger partial charge is 0.237 e. The molecule has 6 heteroatoms. The minimum atomic E-state index is -2.86. The highest BCUT2D eigenvalue weighted by Gasteiger charge is 2.37. The molecule has 0 saturated carbocycles. The van der Waals surface area contributed by atoms with Crippen LogP contribution in [-0.2, 0) is 14.6 Å². The Hall–Kier alpha value is -0.620. The first-order valence-corrected chi connectivity index (χ1v) is 8.84. The van der Waals surface area contributed by atoms with Gasteiger partial charge < -0.3 is 10.6 Å². The number of carbonyl (C=O) groups is 1. The molecule has 5 nitrogen and oxygen atoms in total. The molecule has 0 aromatic carbocycles. The fourth-order valence-electron chi connectivity index (χ4n) is 3.04. The van der Waals surface area contributed by atoms with Crippen LogP contribution in [0.1, 0.15) is 33.1 Å². The van der Waals surface area contributed by atoms with Crippen LogP contribution >= 0.6 is 0 Å². The van der Waals surface area contributed by atoms with E-state index >= 15 is 0 Å². The minimum absolute atomic E-state index is 0.00833. The molecule has 2 rings (SSSR count). The quantitative estimate of drug-likeness (QED) is 0.784. The first-order valence-electron chi connectivity index (χ1n) is 7.02. The standard InChI is InChI=1S/C13H24N2O3S/c1-13(2)5-3-6-14-11(13)12(16)15-8-10-4-7-19(17,18)9-10/h10-11,14H,3-9H2,1-2H3,(H,15,16). The lowest BCUT2D eigenvalue weighted by Gasteiger charge is -2.38. The topological polar surface area (TPSA) is 75.3 Å². The van der Waals surface area contributed by atoms with Crippen molar-refractivity contribution in [3.05, 3.63) is 0 Å². The van der Waals surface area contributed by atoms with E-state index < -0.39 is 9.84 Å². The van der Waals surface area contributed by atoms with E-state index in [1.807, 2.05) is 0 Å². The first kappa shape index (κ1) is 14.8. The molecule has 2 atom stereocenters. The highest BCUT2D eigenvalue weighted by Crippen LogP contribution is 2.30. The van der Waals surface area contributed by atoms with E-state index in [1.165, 1.54) is 0 Å². The molecule has 0 spiro atoms. The van der Waals surface area contributed by atoms with Crippen molar-refractivity contribution < 1.29 is 13.2 Å². The number of rotatable bonds is 3. The van der Waals surface area contributed by atoms with Gasteiger partial charge in [-0.15, -0.1) is 0 Å². The molecule has 0 aromatic heterocycles. The third-order valence-corrected chi connectivity index (χ3v) is 6.12. The lowest BCUT2D eigenvalue weighted by Crippen LogP contribution is -2.56. The molecule has 2 heterocycles. The van der Waals surface area contributed by atoms with Crippen LogP contribution in [0.5, 0.6) is 0 Å². The number of amides is 1. The Morgan fingerprint density at radius 2 is 2.16 bits per heavy atom. The van der Waals surface area contributed by atoms with E-state index in [4.69, 9.17) is 0 Å². The van der Waals surface area contributed by atoms with Gasteiger partial charge in [0.05, 0.1) is 17.5 Å². The average molecular weight is 288 g/mol. The van der Waals surface area contributed by atoms with Gasteiger partial charge in [-0.05, 0) is 37.1 Å². The fraction of sp³-hybridized carbons (Fsp3) is 0.923. The summed E-state index contributed by atoms with van der Waals surface area (Å²) >= 11 is 0. The summed E-state index contributed by atoms with van der Waals surface area (Å²) in [7, 11) is -2.86. The molecule has 2 fully saturated rings. The molecule has 2 aliphatic rings. The van der Waals surface area contributed by atoms with E-state index in [9.17, 15) is 13.2 Å². The van der Waals surface area contributed by atoms with Gasteiger partial charge in [-0.25, -0.2) is 8.42 Å². The van der Waals surface area contributed by atoms with Gasteiger partial charge in [0, 0.05) is 6.54 Å². The van der Waals surface area contributed by atoms with E-state index in [-0.39, 0.29) is 34.8 Å². The average Bonchev–Trinajstić information content (AvgIpc) is 2.65. The van der Waals surface area contributed by atoms with Crippen molar-refractivity contribution in [3.63, 3.8) is 0 Å². The molecule has 19 heavy (non-hydrogen) atoms. The van der Waals surface area contributed by atoms with Gasteiger partial charge in [-0.3, -0.25) is 4.79 Å². The second-order valence-electron chi connectivity index (χ2n) is 6.49. The van der Waals surface area contributed by atoms with Crippen LogP contribution in [0.25, 0.3) is 0 Å². The van der Waals surface area contributed by atoms with Crippen LogP contribution in [0, 0.1) is 11.3 Å². The largest absolute Gasteiger partial charge is 0.354 e. The van der Waals surface area contributed by atoms with Crippen LogP contribution in [-0.4, -0.2) is 45.0 Å². The molecular formula is C13H24N2O3S. The van der Waals surface area contributed by atoms with E-state index in [0.717, 1.165) is 19.4 Å². The number of sulfone groups is 1. The normalized spacial score (nSPS) is 32.9. The Balaban J connectivity index is 1.84. The van der Waals surface area contributed by atoms with Gasteiger partial charge in [0.2, 0.25) is 5.91 Å². The second-order valence-corrected chi connectivity index (χ2v) is 8.72. The van der Waals surface area contributed by atoms with Gasteiger partial charge >= 0.3 is 0 Å². The molecule has 0 bridgehead atoms. The fourth-order valence-corrected chi connectivity index (χ4v) is 4.90. The molecule has 0 aliphatic carbocycles. The summed E-state index contributed by atoms with van der Waals surface area (Å²) < 4.78 is 22.7. The predicted octanol–water partition coefficient (Wildman–Crippen LogP) is 0.316. The third-order valence-electron chi connectivity index (χ3n) is 4.28. The SMILES string of the molecule is CC1(C)CCCNC1C(=O)NCC1CCS(=O)(=O)C1. The zero-order chi connectivity index (χ0) is 14.1. The van der Waals surface area contributed by atoms with E-state index in [1.54, 1.807) is 0 Å². The number of piperidine rings is 1. The number of hydrogen-bond acceptors (Lipinski definition) is 4. The third kappa shape index (κ3) is 3.69. The Bertz CT molecular complexity index is 445. The molecule has 0 radical (unpaired) electrons. The predicted molar refractivity (Wildman–Crippen MR) is 74.6 cm³/mol. The van der Waals surface area contributed by atoms with Crippen LogP contribution in [0.3, 0.4) is 0 Å². The van der Waals surface area contributed by atoms with Crippen LogP contribution < -0.4 is 10.6 Å². The monoisotopic (exact) mass is 288 g/mol. The lowest BCUT2D eigenvalue weighted by molar-refractivity contribution is -0.126. The molecular weight excluding hydrogens is 264 g/mol. The van der Waals surface area contributed by atoms with Crippen molar-refractivity contribution in [3.8, 4) is 0 Å². The summed E-state index contributed by atoms with van der Waals surface area (Å²) in [5.74, 6) is 0.574. The van der Waals surface area contributed by atoms with Crippen molar-refractivity contribution in [2.45, 2.75) is 39.2 Å². The maximum Gasteiger partial charge on any atom is 0.237 e. The Morgan fingerprint density at radius 3 is 2.74 bits per heavy atom. The molecule has 2 aliphatic heterocycles. The zero-order valence-corrected chi connectivity index (χ0v) is 12.6. The van der Waals surface area contributed by atoms with Gasteiger partial charge in [-0.2, -0.15) is 0 Å². The molecule has 1 amide bonds. The Kier molecular flexibility index (Phi) is 4.20. The lowest BCUT2D eigenvalue weighted by atomic mass is 9.77. The highest BCUT2D eigenvalue weighted by atomic mass is 32.2. The highest BCUT2D eigenvalue weighted by molar-refractivity contribution is 7.91. The van der Waals surface area contributed by atoms with E-state index in [0.29, 0.717) is 13.0 Å². The zero-order valence-electron chi connectivity index (χ0n) is 11.7. The van der Waals surface area contributed by atoms with Crippen molar-refractivity contribution in [2.75, 3.05) is 24.6 Å². The molecule has 2 saturated heterocycles. The van der Waals surface area contributed by atoms with Crippen LogP contribution in [0.4, 0.5) is 0 Å². The molecule has 2 unspecified atom stereocenters. The summed E-state index contributed by atoms with van der Waals surface area (Å²) in [4.78, 5) is 12.2. The van der Waals surface area contributed by atoms with Gasteiger partial charge in [0.15, 0.2) is 9.84 Å².